The number of ether oxygens (including phenoxy) is 1. The van der Waals surface area contributed by atoms with Crippen molar-refractivity contribution in [2.75, 3.05) is 7.11 Å². The van der Waals surface area contributed by atoms with Crippen molar-refractivity contribution in [3.63, 3.8) is 0 Å². The molecular weight excluding hydrogens is 148 g/mol. The topological polar surface area (TPSA) is 9.23 Å². The molecule has 0 aromatic carbocycles. The van der Waals surface area contributed by atoms with Crippen LogP contribution < -0.4 is 0 Å². The van der Waals surface area contributed by atoms with Gasteiger partial charge in [-0.2, -0.15) is 0 Å². The minimum Gasteiger partial charge on any atom is -0.377 e. The van der Waals surface area contributed by atoms with Gasteiger partial charge in [-0.1, -0.05) is 26.8 Å². The van der Waals surface area contributed by atoms with E-state index in [0.29, 0.717) is 0 Å². The lowest BCUT2D eigenvalue weighted by Gasteiger charge is -2.13. The van der Waals surface area contributed by atoms with Crippen molar-refractivity contribution in [1.82, 2.24) is 0 Å². The molecule has 0 fully saturated rings. The molecule has 0 N–H and O–H groups in total. The Hall–Kier alpha value is -0.300. The Morgan fingerprint density at radius 3 is 2.25 bits per heavy atom. The van der Waals surface area contributed by atoms with Crippen LogP contribution in [0.2, 0.25) is 0 Å². The van der Waals surface area contributed by atoms with Crippen molar-refractivity contribution in [3.8, 4) is 0 Å². The second kappa shape index (κ2) is 6.24. The summed E-state index contributed by atoms with van der Waals surface area (Å²) in [5.41, 5.74) is 1.42. The third-order valence-corrected chi connectivity index (χ3v) is 2.14. The minimum absolute atomic E-state index is 0.286. The molecule has 12 heavy (non-hydrogen) atoms. The summed E-state index contributed by atoms with van der Waals surface area (Å²) in [4.78, 5) is 0. The van der Waals surface area contributed by atoms with Crippen molar-refractivity contribution < 1.29 is 4.74 Å². The first-order valence-corrected chi connectivity index (χ1v) is 4.83. The molecule has 0 rings (SSSR count). The van der Waals surface area contributed by atoms with Crippen LogP contribution in [-0.2, 0) is 4.74 Å². The molecule has 1 heteroatoms. The summed E-state index contributed by atoms with van der Waals surface area (Å²) in [6.45, 7) is 8.76. The fraction of sp³-hybridized carbons (Fsp3) is 0.818. The van der Waals surface area contributed by atoms with Gasteiger partial charge in [0.2, 0.25) is 0 Å². The maximum absolute atomic E-state index is 5.27. The van der Waals surface area contributed by atoms with E-state index in [9.17, 15) is 0 Å². The summed E-state index contributed by atoms with van der Waals surface area (Å²) in [7, 11) is 1.77. The number of hydrogen-bond donors (Lipinski definition) is 0. The Bertz CT molecular complexity index is 136. The van der Waals surface area contributed by atoms with Gasteiger partial charge in [0, 0.05) is 7.11 Å². The molecule has 0 aromatic rings. The SMILES string of the molecule is CCC(=CCC(C)C)C(C)OC. The van der Waals surface area contributed by atoms with Crippen LogP contribution >= 0.6 is 0 Å². The quantitative estimate of drug-likeness (QED) is 0.575. The van der Waals surface area contributed by atoms with Crippen LogP contribution in [0, 0.1) is 5.92 Å². The Balaban J connectivity index is 4.03. The lowest BCUT2D eigenvalue weighted by molar-refractivity contribution is 0.144. The van der Waals surface area contributed by atoms with Crippen molar-refractivity contribution in [2.24, 2.45) is 5.92 Å². The van der Waals surface area contributed by atoms with E-state index >= 15 is 0 Å². The lowest BCUT2D eigenvalue weighted by atomic mass is 10.0. The Morgan fingerprint density at radius 2 is 1.92 bits per heavy atom. The summed E-state index contributed by atoms with van der Waals surface area (Å²) >= 11 is 0. The van der Waals surface area contributed by atoms with Crippen LogP contribution in [0.4, 0.5) is 0 Å². The average Bonchev–Trinajstić information content (AvgIpc) is 2.04. The largest absolute Gasteiger partial charge is 0.377 e. The monoisotopic (exact) mass is 170 g/mol. The molecule has 72 valence electrons. The molecule has 0 radical (unpaired) electrons. The highest BCUT2D eigenvalue weighted by Gasteiger charge is 2.04. The van der Waals surface area contributed by atoms with E-state index in [-0.39, 0.29) is 6.10 Å². The van der Waals surface area contributed by atoms with E-state index < -0.39 is 0 Å². The lowest BCUT2D eigenvalue weighted by Crippen LogP contribution is -2.08. The van der Waals surface area contributed by atoms with Gasteiger partial charge < -0.3 is 4.74 Å². The minimum atomic E-state index is 0.286. The summed E-state index contributed by atoms with van der Waals surface area (Å²) < 4.78 is 5.27. The predicted octanol–water partition coefficient (Wildman–Crippen LogP) is 3.40. The number of rotatable bonds is 5. The highest BCUT2D eigenvalue weighted by atomic mass is 16.5. The Labute approximate surface area is 76.8 Å². The van der Waals surface area contributed by atoms with Gasteiger partial charge in [0.1, 0.15) is 0 Å². The van der Waals surface area contributed by atoms with Crippen molar-refractivity contribution in [3.05, 3.63) is 11.6 Å². The smallest absolute Gasteiger partial charge is 0.0752 e. The van der Waals surface area contributed by atoms with Crippen LogP contribution in [0.5, 0.6) is 0 Å². The van der Waals surface area contributed by atoms with E-state index in [1.54, 1.807) is 7.11 Å². The van der Waals surface area contributed by atoms with Gasteiger partial charge in [-0.05, 0) is 31.3 Å². The molecule has 0 aliphatic carbocycles. The third-order valence-electron chi connectivity index (χ3n) is 2.14. The van der Waals surface area contributed by atoms with E-state index in [2.05, 4.69) is 33.8 Å². The number of hydrogen-bond acceptors (Lipinski definition) is 1. The standard InChI is InChI=1S/C11H22O/c1-6-11(10(4)12-5)8-7-9(2)3/h8-10H,6-7H2,1-5H3. The summed E-state index contributed by atoms with van der Waals surface area (Å²) in [6, 6.07) is 0. The van der Waals surface area contributed by atoms with Crippen molar-refractivity contribution in [2.45, 2.75) is 46.6 Å². The summed E-state index contributed by atoms with van der Waals surface area (Å²) in [5, 5.41) is 0. The molecule has 0 heterocycles. The van der Waals surface area contributed by atoms with Crippen LogP contribution in [0.1, 0.15) is 40.5 Å². The zero-order valence-electron chi connectivity index (χ0n) is 9.05. The van der Waals surface area contributed by atoms with Gasteiger partial charge in [-0.3, -0.25) is 0 Å². The van der Waals surface area contributed by atoms with E-state index in [1.807, 2.05) is 0 Å². The van der Waals surface area contributed by atoms with E-state index in [4.69, 9.17) is 4.74 Å². The normalized spacial score (nSPS) is 15.3. The molecule has 1 atom stereocenters. The third kappa shape index (κ3) is 4.55. The molecule has 0 aliphatic rings. The maximum atomic E-state index is 5.27. The first kappa shape index (κ1) is 11.7. The van der Waals surface area contributed by atoms with Gasteiger partial charge in [-0.15, -0.1) is 0 Å². The highest BCUT2D eigenvalue weighted by Crippen LogP contribution is 2.13. The fourth-order valence-corrected chi connectivity index (χ4v) is 1.14. The predicted molar refractivity (Wildman–Crippen MR) is 54.3 cm³/mol. The zero-order chi connectivity index (χ0) is 9.56. The van der Waals surface area contributed by atoms with Gasteiger partial charge in [-0.25, -0.2) is 0 Å². The maximum Gasteiger partial charge on any atom is 0.0752 e. The molecule has 0 saturated heterocycles. The molecule has 0 amide bonds. The van der Waals surface area contributed by atoms with Crippen molar-refractivity contribution in [1.29, 1.82) is 0 Å². The Morgan fingerprint density at radius 1 is 1.33 bits per heavy atom. The van der Waals surface area contributed by atoms with Crippen LogP contribution in [0.25, 0.3) is 0 Å². The summed E-state index contributed by atoms with van der Waals surface area (Å²) in [6.07, 6.45) is 4.87. The fourth-order valence-electron chi connectivity index (χ4n) is 1.14. The van der Waals surface area contributed by atoms with Gasteiger partial charge in [0.15, 0.2) is 0 Å². The Kier molecular flexibility index (Phi) is 6.09. The number of methoxy groups -OCH3 is 1. The van der Waals surface area contributed by atoms with Crippen LogP contribution in [0.15, 0.2) is 11.6 Å². The van der Waals surface area contributed by atoms with E-state index in [0.717, 1.165) is 18.8 Å². The molecule has 0 aromatic heterocycles. The van der Waals surface area contributed by atoms with Gasteiger partial charge in [0.05, 0.1) is 6.10 Å². The summed E-state index contributed by atoms with van der Waals surface area (Å²) in [5.74, 6) is 0.746. The average molecular weight is 170 g/mol. The first-order valence-electron chi connectivity index (χ1n) is 4.83. The van der Waals surface area contributed by atoms with Gasteiger partial charge >= 0.3 is 0 Å². The molecular formula is C11H22O. The zero-order valence-corrected chi connectivity index (χ0v) is 9.05. The molecule has 0 bridgehead atoms. The molecule has 0 spiro atoms. The second-order valence-electron chi connectivity index (χ2n) is 3.64. The van der Waals surface area contributed by atoms with Crippen LogP contribution in [-0.4, -0.2) is 13.2 Å². The van der Waals surface area contributed by atoms with E-state index in [1.165, 1.54) is 5.57 Å². The molecule has 0 aliphatic heterocycles. The van der Waals surface area contributed by atoms with Crippen molar-refractivity contribution >= 4 is 0 Å². The second-order valence-corrected chi connectivity index (χ2v) is 3.64. The molecule has 1 nitrogen and oxygen atoms in total. The highest BCUT2D eigenvalue weighted by molar-refractivity contribution is 5.06. The van der Waals surface area contributed by atoms with Crippen LogP contribution in [0.3, 0.4) is 0 Å². The number of allylic oxidation sites excluding steroid dienone is 1. The van der Waals surface area contributed by atoms with Gasteiger partial charge in [0.25, 0.3) is 0 Å². The first-order chi connectivity index (χ1) is 5.61. The molecule has 0 saturated carbocycles. The molecule has 1 unspecified atom stereocenters.